The third-order valence-corrected chi connectivity index (χ3v) is 18.1. The summed E-state index contributed by atoms with van der Waals surface area (Å²) < 4.78 is 18.1. The first-order valence-electron chi connectivity index (χ1n) is 24.4. The molecule has 13 nitrogen and oxygen atoms in total. The lowest BCUT2D eigenvalue weighted by Crippen LogP contribution is -2.34. The number of carbonyl (C=O) groups is 1. The monoisotopic (exact) mass is 1100 g/mol. The van der Waals surface area contributed by atoms with Crippen LogP contribution in [0.15, 0.2) is 85.2 Å². The van der Waals surface area contributed by atoms with Crippen molar-refractivity contribution in [1.29, 1.82) is 0 Å². The predicted molar refractivity (Wildman–Crippen MR) is 285 cm³/mol. The predicted octanol–water partition coefficient (Wildman–Crippen LogP) is 14.3. The largest absolute Gasteiger partial charge is 0.478 e. The molecule has 12 rings (SSSR count). The van der Waals surface area contributed by atoms with Gasteiger partial charge in [-0.2, -0.15) is 10.2 Å². The average Bonchev–Trinajstić information content (AvgIpc) is 4.22. The number of thiazole rings is 2. The van der Waals surface area contributed by atoms with Crippen molar-refractivity contribution in [3.8, 4) is 11.4 Å². The van der Waals surface area contributed by atoms with Crippen molar-refractivity contribution in [3.63, 3.8) is 0 Å². The molecular formula is C54H49Cl4N7O6S2. The van der Waals surface area contributed by atoms with E-state index in [1.54, 1.807) is 36.4 Å². The second kappa shape index (κ2) is 20.6. The first-order valence-corrected chi connectivity index (χ1v) is 27.5. The molecule has 4 heterocycles. The number of benzene rings is 4. The standard InChI is InChI=1S/C27H24Cl2N4O2S.C27H25Cl2N3O4S/c1-30-17-7-8-22-24(13-17)36-26(32-22)27(34)11-9-18(10-12-27)35-15-23-19(16-5-6-16)14-31-33(23)25-20(28)3-2-4-21(25)29;28-19-2-1-3-20(29)24(19)32-22(18(13-30-32)15-4-5-15)14-36-17-8-10-27(35,11-9-17)26-31-21-7-6-16(25(33)34)12-23(21)37-26/h2-4,7-8,13-14,16,18,34H,5-6,9-12,15H2;1-3,6-7,12-13,15,17,35H,4-5,8-11,14H2,(H,33,34). The number of hydrogen-bond donors (Lipinski definition) is 3. The molecule has 4 saturated carbocycles. The Kier molecular flexibility index (Phi) is 14.2. The van der Waals surface area contributed by atoms with Gasteiger partial charge in [-0.1, -0.05) is 64.6 Å². The number of fused-ring (bicyclic) bond motifs is 2. The summed E-state index contributed by atoms with van der Waals surface area (Å²) in [5.74, 6) is 0.0272. The highest BCUT2D eigenvalue weighted by molar-refractivity contribution is 7.19. The molecule has 73 heavy (non-hydrogen) atoms. The summed E-state index contributed by atoms with van der Waals surface area (Å²) in [6, 6.07) is 21.2. The van der Waals surface area contributed by atoms with Gasteiger partial charge in [-0.25, -0.2) is 29.0 Å². The lowest BCUT2D eigenvalue weighted by Gasteiger charge is -2.34. The molecule has 0 bridgehead atoms. The molecule has 4 fully saturated rings. The Labute approximate surface area is 449 Å². The van der Waals surface area contributed by atoms with Crippen LogP contribution in [0, 0.1) is 6.57 Å². The number of ether oxygens (including phenoxy) is 2. The maximum Gasteiger partial charge on any atom is 0.335 e. The van der Waals surface area contributed by atoms with Gasteiger partial charge in [0.2, 0.25) is 0 Å². The van der Waals surface area contributed by atoms with Crippen LogP contribution in [0.4, 0.5) is 5.69 Å². The van der Waals surface area contributed by atoms with Gasteiger partial charge in [-0.3, -0.25) is 0 Å². The minimum atomic E-state index is -1.04. The Balaban J connectivity index is 0.000000157. The summed E-state index contributed by atoms with van der Waals surface area (Å²) >= 11 is 28.8. The molecule has 0 aliphatic heterocycles. The van der Waals surface area contributed by atoms with Gasteiger partial charge in [0.15, 0.2) is 5.69 Å². The highest BCUT2D eigenvalue weighted by atomic mass is 35.5. The van der Waals surface area contributed by atoms with Crippen molar-refractivity contribution in [3.05, 3.63) is 155 Å². The fourth-order valence-corrected chi connectivity index (χ4v) is 13.4. The van der Waals surface area contributed by atoms with Crippen LogP contribution in [-0.2, 0) is 33.9 Å². The number of aromatic nitrogens is 6. The highest BCUT2D eigenvalue weighted by Gasteiger charge is 2.40. The van der Waals surface area contributed by atoms with E-state index in [2.05, 4.69) is 25.0 Å². The van der Waals surface area contributed by atoms with Gasteiger partial charge < -0.3 is 24.8 Å². The van der Waals surface area contributed by atoms with Crippen molar-refractivity contribution in [2.45, 2.75) is 126 Å². The van der Waals surface area contributed by atoms with Crippen molar-refractivity contribution >= 4 is 101 Å². The van der Waals surface area contributed by atoms with Gasteiger partial charge in [0.1, 0.15) is 32.6 Å². The van der Waals surface area contributed by atoms with E-state index in [9.17, 15) is 20.1 Å². The third-order valence-electron chi connectivity index (χ3n) is 14.5. The number of para-hydroxylation sites is 2. The zero-order valence-electron chi connectivity index (χ0n) is 39.3. The second-order valence-corrected chi connectivity index (χ2v) is 23.2. The van der Waals surface area contributed by atoms with E-state index >= 15 is 0 Å². The summed E-state index contributed by atoms with van der Waals surface area (Å²) in [6.07, 6.45) is 13.5. The van der Waals surface area contributed by atoms with Gasteiger partial charge in [0.25, 0.3) is 0 Å². The van der Waals surface area contributed by atoms with E-state index in [0.717, 1.165) is 69.8 Å². The lowest BCUT2D eigenvalue weighted by molar-refractivity contribution is -0.0649. The molecule has 4 aliphatic carbocycles. The molecule has 8 aromatic rings. The molecule has 4 aliphatic rings. The maximum atomic E-state index is 11.4. The summed E-state index contributed by atoms with van der Waals surface area (Å²) in [5, 5.41) is 44.8. The maximum absolute atomic E-state index is 11.4. The molecule has 4 aromatic heterocycles. The van der Waals surface area contributed by atoms with Crippen LogP contribution in [0.1, 0.15) is 132 Å². The lowest BCUT2D eigenvalue weighted by atomic mass is 9.83. The fourth-order valence-electron chi connectivity index (χ4n) is 10.0. The van der Waals surface area contributed by atoms with Crippen molar-refractivity contribution in [2.75, 3.05) is 0 Å². The van der Waals surface area contributed by atoms with Gasteiger partial charge in [0, 0.05) is 4.70 Å². The van der Waals surface area contributed by atoms with E-state index in [-0.39, 0.29) is 17.8 Å². The van der Waals surface area contributed by atoms with Crippen LogP contribution in [0.3, 0.4) is 0 Å². The number of hydrogen-bond acceptors (Lipinski definition) is 11. The Morgan fingerprint density at radius 3 is 1.48 bits per heavy atom. The van der Waals surface area contributed by atoms with E-state index in [1.807, 2.05) is 58.2 Å². The molecule has 376 valence electrons. The minimum Gasteiger partial charge on any atom is -0.478 e. The van der Waals surface area contributed by atoms with E-state index in [4.69, 9.17) is 62.4 Å². The summed E-state index contributed by atoms with van der Waals surface area (Å²) in [5.41, 5.74) is 6.02. The van der Waals surface area contributed by atoms with Crippen LogP contribution in [0.2, 0.25) is 20.1 Å². The molecule has 0 saturated heterocycles. The molecule has 0 atom stereocenters. The number of carboxylic acid groups (broad SMARTS) is 1. The molecule has 0 unspecified atom stereocenters. The molecular weight excluding hydrogens is 1050 g/mol. The SMILES string of the molecule is O=C(O)c1ccc2nc(C3(O)CCC(OCc4c(C5CC5)cnn4-c4c(Cl)cccc4Cl)CC3)sc2c1.[C-]#[N+]c1ccc2nc(C3(O)CCC(OCc4c(C5CC5)cnn4-c4c(Cl)cccc4Cl)CC3)sc2c1. The topological polar surface area (TPSA) is 162 Å². The Morgan fingerprint density at radius 1 is 0.644 bits per heavy atom. The summed E-state index contributed by atoms with van der Waals surface area (Å²) in [6.45, 7) is 8.02. The molecule has 19 heteroatoms. The molecule has 0 spiro atoms. The Bertz CT molecular complexity index is 3370. The van der Waals surface area contributed by atoms with Gasteiger partial charge in [0.05, 0.1) is 97.2 Å². The highest BCUT2D eigenvalue weighted by Crippen LogP contribution is 2.47. The van der Waals surface area contributed by atoms with Gasteiger partial charge in [-0.15, -0.1) is 22.7 Å². The van der Waals surface area contributed by atoms with Crippen LogP contribution in [0.5, 0.6) is 0 Å². The smallest absolute Gasteiger partial charge is 0.335 e. The van der Waals surface area contributed by atoms with Crippen LogP contribution < -0.4 is 0 Å². The number of aliphatic hydroxyl groups is 2. The van der Waals surface area contributed by atoms with Gasteiger partial charge >= 0.3 is 5.97 Å². The van der Waals surface area contributed by atoms with Crippen molar-refractivity contribution in [2.24, 2.45) is 0 Å². The van der Waals surface area contributed by atoms with Crippen molar-refractivity contribution in [1.82, 2.24) is 29.5 Å². The van der Waals surface area contributed by atoms with Crippen molar-refractivity contribution < 1.29 is 29.6 Å². The summed E-state index contributed by atoms with van der Waals surface area (Å²) in [4.78, 5) is 24.1. The molecule has 3 N–H and O–H groups in total. The zero-order chi connectivity index (χ0) is 50.6. The second-order valence-electron chi connectivity index (χ2n) is 19.5. The molecule has 0 radical (unpaired) electrons. The quantitative estimate of drug-likeness (QED) is 0.0948. The fraction of sp³-hybridized carbons (Fsp3) is 0.370. The number of carboxylic acids is 1. The van der Waals surface area contributed by atoms with E-state index in [0.29, 0.717) is 111 Å². The normalized spacial score (nSPS) is 22.0. The first-order chi connectivity index (χ1) is 35.3. The van der Waals surface area contributed by atoms with Crippen LogP contribution in [-0.4, -0.2) is 63.0 Å². The molecule has 4 aromatic carbocycles. The number of rotatable bonds is 13. The number of nitrogens with zero attached hydrogens (tertiary/aromatic N) is 7. The molecule has 0 amide bonds. The third kappa shape index (κ3) is 10.4. The minimum absolute atomic E-state index is 0.00890. The van der Waals surface area contributed by atoms with Gasteiger partial charge in [-0.05, 0) is 155 Å². The Hall–Kier alpha value is -4.96. The number of aromatic carboxylic acids is 1. The summed E-state index contributed by atoms with van der Waals surface area (Å²) in [7, 11) is 0. The first kappa shape index (κ1) is 50.2. The van der Waals surface area contributed by atoms with Crippen LogP contribution >= 0.6 is 69.1 Å². The Morgan fingerprint density at radius 2 is 1.07 bits per heavy atom. The average molecular weight is 1100 g/mol. The van der Waals surface area contributed by atoms with E-state index < -0.39 is 17.2 Å². The van der Waals surface area contributed by atoms with E-state index in [1.165, 1.54) is 33.8 Å². The van der Waals surface area contributed by atoms with Crippen LogP contribution in [0.25, 0.3) is 36.7 Å². The zero-order valence-corrected chi connectivity index (χ0v) is 44.0. The number of halogens is 4.